The van der Waals surface area contributed by atoms with Crippen molar-refractivity contribution in [2.45, 2.75) is 25.5 Å². The smallest absolute Gasteiger partial charge is 0.164 e. The number of aromatic nitrogens is 3. The van der Waals surface area contributed by atoms with Crippen molar-refractivity contribution in [3.05, 3.63) is 41.5 Å². The molecule has 1 heterocycles. The molecule has 0 fully saturated rings. The lowest BCUT2D eigenvalue weighted by atomic mass is 10.1. The van der Waals surface area contributed by atoms with Crippen molar-refractivity contribution >= 4 is 0 Å². The third kappa shape index (κ3) is 1.97. The van der Waals surface area contributed by atoms with Crippen LogP contribution in [0.2, 0.25) is 0 Å². The van der Waals surface area contributed by atoms with Crippen molar-refractivity contribution in [3.63, 3.8) is 0 Å². The quantitative estimate of drug-likeness (QED) is 0.884. The van der Waals surface area contributed by atoms with E-state index in [-0.39, 0.29) is 6.04 Å². The van der Waals surface area contributed by atoms with Crippen LogP contribution in [-0.4, -0.2) is 14.8 Å². The van der Waals surface area contributed by atoms with Crippen molar-refractivity contribution in [3.8, 4) is 5.75 Å². The summed E-state index contributed by atoms with van der Waals surface area (Å²) in [5.41, 5.74) is 8.56. The highest BCUT2D eigenvalue weighted by Gasteiger charge is 2.19. The van der Waals surface area contributed by atoms with Crippen LogP contribution in [0.5, 0.6) is 5.75 Å². The maximum absolute atomic E-state index is 6.00. The summed E-state index contributed by atoms with van der Waals surface area (Å²) in [6, 6.07) is 6.31. The fraction of sp³-hybridized carbons (Fsp3) is 0.385. The average Bonchev–Trinajstić information content (AvgIpc) is 2.94. The maximum Gasteiger partial charge on any atom is 0.164 e. The molecule has 2 N–H and O–H groups in total. The first-order chi connectivity index (χ1) is 8.74. The number of fused-ring (bicyclic) bond motifs is 1. The van der Waals surface area contributed by atoms with Gasteiger partial charge in [0, 0.05) is 13.1 Å². The monoisotopic (exact) mass is 244 g/mol. The van der Waals surface area contributed by atoms with Gasteiger partial charge in [-0.15, -0.1) is 0 Å². The molecule has 1 atom stereocenters. The minimum atomic E-state index is 0.188. The van der Waals surface area contributed by atoms with E-state index >= 15 is 0 Å². The molecule has 0 unspecified atom stereocenters. The summed E-state index contributed by atoms with van der Waals surface area (Å²) in [4.78, 5) is 4.12. The molecular weight excluding hydrogens is 228 g/mol. The molecule has 1 aromatic carbocycles. The fourth-order valence-corrected chi connectivity index (χ4v) is 2.32. The summed E-state index contributed by atoms with van der Waals surface area (Å²) in [5, 5.41) is 4.01. The van der Waals surface area contributed by atoms with Gasteiger partial charge in [-0.05, 0) is 36.1 Å². The van der Waals surface area contributed by atoms with E-state index < -0.39 is 0 Å². The van der Waals surface area contributed by atoms with Crippen LogP contribution < -0.4 is 10.5 Å². The van der Waals surface area contributed by atoms with E-state index in [0.29, 0.717) is 6.61 Å². The topological polar surface area (TPSA) is 66.0 Å². The van der Waals surface area contributed by atoms with Crippen LogP contribution in [-0.2, 0) is 20.1 Å². The third-order valence-electron chi connectivity index (χ3n) is 3.41. The van der Waals surface area contributed by atoms with E-state index in [9.17, 15) is 0 Å². The summed E-state index contributed by atoms with van der Waals surface area (Å²) in [6.45, 7) is 0.432. The van der Waals surface area contributed by atoms with Gasteiger partial charge in [0.2, 0.25) is 0 Å². The molecule has 0 bridgehead atoms. The van der Waals surface area contributed by atoms with Gasteiger partial charge < -0.3 is 10.5 Å². The molecule has 5 nitrogen and oxygen atoms in total. The van der Waals surface area contributed by atoms with Gasteiger partial charge in [-0.25, -0.2) is 4.98 Å². The van der Waals surface area contributed by atoms with Gasteiger partial charge >= 0.3 is 0 Å². The second-order valence-corrected chi connectivity index (χ2v) is 4.59. The molecule has 0 aliphatic heterocycles. The van der Waals surface area contributed by atoms with E-state index in [4.69, 9.17) is 10.5 Å². The molecule has 94 valence electrons. The third-order valence-corrected chi connectivity index (χ3v) is 3.41. The van der Waals surface area contributed by atoms with Crippen molar-refractivity contribution in [2.24, 2.45) is 12.8 Å². The summed E-state index contributed by atoms with van der Waals surface area (Å²) < 4.78 is 7.44. The Bertz CT molecular complexity index is 564. The normalized spacial score (nSPS) is 17.8. The molecule has 5 heteroatoms. The van der Waals surface area contributed by atoms with Crippen molar-refractivity contribution < 1.29 is 4.74 Å². The number of ether oxygens (including phenoxy) is 1. The van der Waals surface area contributed by atoms with Crippen LogP contribution in [0.3, 0.4) is 0 Å². The molecule has 1 aromatic heterocycles. The highest BCUT2D eigenvalue weighted by Crippen LogP contribution is 2.31. The minimum absolute atomic E-state index is 0.188. The van der Waals surface area contributed by atoms with Gasteiger partial charge in [-0.3, -0.25) is 4.68 Å². The van der Waals surface area contributed by atoms with Gasteiger partial charge in [0.25, 0.3) is 0 Å². The Morgan fingerprint density at radius 3 is 3.17 bits per heavy atom. The Morgan fingerprint density at radius 1 is 1.50 bits per heavy atom. The first kappa shape index (κ1) is 11.2. The number of benzene rings is 1. The molecule has 1 aliphatic rings. The van der Waals surface area contributed by atoms with Crippen LogP contribution in [0.25, 0.3) is 0 Å². The Labute approximate surface area is 106 Å². The Hall–Kier alpha value is -1.88. The Balaban J connectivity index is 1.73. The second-order valence-electron chi connectivity index (χ2n) is 4.59. The molecule has 18 heavy (non-hydrogen) atoms. The van der Waals surface area contributed by atoms with Crippen molar-refractivity contribution in [1.29, 1.82) is 0 Å². The minimum Gasteiger partial charge on any atom is -0.486 e. The van der Waals surface area contributed by atoms with Gasteiger partial charge in [-0.1, -0.05) is 6.07 Å². The molecule has 0 radical (unpaired) electrons. The predicted molar refractivity (Wildman–Crippen MR) is 67.0 cm³/mol. The number of nitrogens with two attached hydrogens (primary N) is 1. The van der Waals surface area contributed by atoms with Crippen molar-refractivity contribution in [1.82, 2.24) is 14.8 Å². The molecule has 0 saturated carbocycles. The number of aryl methyl sites for hydroxylation is 2. The molecule has 0 saturated heterocycles. The first-order valence-corrected chi connectivity index (χ1v) is 6.08. The molecule has 2 aromatic rings. The second kappa shape index (κ2) is 4.42. The fourth-order valence-electron chi connectivity index (χ4n) is 2.32. The Kier molecular flexibility index (Phi) is 2.76. The highest BCUT2D eigenvalue weighted by atomic mass is 16.5. The number of hydrogen-bond donors (Lipinski definition) is 1. The SMILES string of the molecule is Cn1ncnc1COc1ccc2c(c1)CC[C@@H]2N. The maximum atomic E-state index is 6.00. The van der Waals surface area contributed by atoms with Crippen LogP contribution in [0.1, 0.15) is 29.4 Å². The number of rotatable bonds is 3. The average molecular weight is 244 g/mol. The molecule has 0 amide bonds. The summed E-state index contributed by atoms with van der Waals surface area (Å²) in [7, 11) is 1.85. The van der Waals surface area contributed by atoms with Gasteiger partial charge in [0.05, 0.1) is 0 Å². The predicted octanol–water partition coefficient (Wildman–Crippen LogP) is 1.34. The van der Waals surface area contributed by atoms with Crippen LogP contribution >= 0.6 is 0 Å². The van der Waals surface area contributed by atoms with E-state index in [0.717, 1.165) is 24.4 Å². The molecular formula is C13H16N4O. The first-order valence-electron chi connectivity index (χ1n) is 6.08. The van der Waals surface area contributed by atoms with E-state index in [2.05, 4.69) is 22.2 Å². The lowest BCUT2D eigenvalue weighted by Crippen LogP contribution is -2.06. The lowest BCUT2D eigenvalue weighted by molar-refractivity contribution is 0.289. The lowest BCUT2D eigenvalue weighted by Gasteiger charge is -2.09. The summed E-state index contributed by atoms with van der Waals surface area (Å²) >= 11 is 0. The van der Waals surface area contributed by atoms with Gasteiger partial charge in [0.15, 0.2) is 5.82 Å². The molecule has 1 aliphatic carbocycles. The van der Waals surface area contributed by atoms with E-state index in [1.165, 1.54) is 17.5 Å². The number of hydrogen-bond acceptors (Lipinski definition) is 4. The van der Waals surface area contributed by atoms with Crippen LogP contribution in [0.4, 0.5) is 0 Å². The number of nitrogens with zero attached hydrogens (tertiary/aromatic N) is 3. The van der Waals surface area contributed by atoms with Gasteiger partial charge in [-0.2, -0.15) is 5.10 Å². The molecule has 0 spiro atoms. The largest absolute Gasteiger partial charge is 0.486 e. The van der Waals surface area contributed by atoms with Crippen LogP contribution in [0, 0.1) is 0 Å². The summed E-state index contributed by atoms with van der Waals surface area (Å²) in [5.74, 6) is 1.68. The highest BCUT2D eigenvalue weighted by molar-refractivity contribution is 5.40. The summed E-state index contributed by atoms with van der Waals surface area (Å²) in [6.07, 6.45) is 3.60. The zero-order chi connectivity index (χ0) is 12.5. The zero-order valence-corrected chi connectivity index (χ0v) is 10.3. The Morgan fingerprint density at radius 2 is 2.39 bits per heavy atom. The van der Waals surface area contributed by atoms with E-state index in [1.54, 1.807) is 4.68 Å². The standard InChI is InChI=1S/C13H16N4O/c1-17-13(15-8-16-17)7-18-10-3-4-11-9(6-10)2-5-12(11)14/h3-4,6,8,12H,2,5,7,14H2,1H3/t12-/m0/s1. The molecule has 3 rings (SSSR count). The van der Waals surface area contributed by atoms with Crippen LogP contribution in [0.15, 0.2) is 24.5 Å². The van der Waals surface area contributed by atoms with Gasteiger partial charge in [0.1, 0.15) is 18.7 Å². The van der Waals surface area contributed by atoms with E-state index in [1.807, 2.05) is 13.1 Å². The zero-order valence-electron chi connectivity index (χ0n) is 10.3. The van der Waals surface area contributed by atoms with Crippen molar-refractivity contribution in [2.75, 3.05) is 0 Å².